The molecule has 3 N–H and O–H groups in total. The van der Waals surface area contributed by atoms with Crippen LogP contribution in [-0.4, -0.2) is 56.7 Å². The number of para-hydroxylation sites is 1. The lowest BCUT2D eigenvalue weighted by atomic mass is 9.84. The fraction of sp³-hybridized carbons (Fsp3) is 0.458. The fourth-order valence-electron chi connectivity index (χ4n) is 5.70. The number of carboxylic acids is 1. The number of anilines is 2. The third-order valence-electron chi connectivity index (χ3n) is 7.58. The molecule has 5 aliphatic rings. The molecule has 2 aromatic rings. The minimum absolute atomic E-state index is 0.0259. The molecule has 0 radical (unpaired) electrons. The van der Waals surface area contributed by atoms with Gasteiger partial charge in [0.05, 0.1) is 18.0 Å². The molecule has 0 aromatic heterocycles. The summed E-state index contributed by atoms with van der Waals surface area (Å²) in [4.78, 5) is 14.6. The largest absolute Gasteiger partial charge is 0.492 e. The number of fused-ring (bicyclic) bond motifs is 6. The van der Waals surface area contributed by atoms with E-state index >= 15 is 0 Å². The van der Waals surface area contributed by atoms with Crippen molar-refractivity contribution in [2.45, 2.75) is 36.1 Å². The summed E-state index contributed by atoms with van der Waals surface area (Å²) in [7, 11) is -4.04. The molecule has 4 fully saturated rings. The van der Waals surface area contributed by atoms with Gasteiger partial charge in [-0.1, -0.05) is 18.2 Å². The number of benzene rings is 2. The zero-order valence-electron chi connectivity index (χ0n) is 18.2. The van der Waals surface area contributed by atoms with E-state index in [9.17, 15) is 18.3 Å². The number of nitrogens with one attached hydrogen (secondary N) is 2. The number of rotatable bonds is 6. The summed E-state index contributed by atoms with van der Waals surface area (Å²) >= 11 is 0. The van der Waals surface area contributed by atoms with Crippen molar-refractivity contribution in [1.82, 2.24) is 4.90 Å². The zero-order valence-corrected chi connectivity index (χ0v) is 19.0. The molecule has 174 valence electrons. The summed E-state index contributed by atoms with van der Waals surface area (Å²) < 4.78 is 35.2. The first-order valence-corrected chi connectivity index (χ1v) is 13.0. The van der Waals surface area contributed by atoms with Crippen LogP contribution in [0.1, 0.15) is 41.1 Å². The van der Waals surface area contributed by atoms with Crippen LogP contribution in [0.3, 0.4) is 0 Å². The minimum atomic E-state index is -4.04. The van der Waals surface area contributed by atoms with Crippen molar-refractivity contribution in [3.8, 4) is 5.75 Å². The van der Waals surface area contributed by atoms with Gasteiger partial charge in [0.1, 0.15) is 16.2 Å². The van der Waals surface area contributed by atoms with Crippen LogP contribution < -0.4 is 14.8 Å². The van der Waals surface area contributed by atoms with Gasteiger partial charge in [0.25, 0.3) is 10.0 Å². The van der Waals surface area contributed by atoms with Crippen LogP contribution in [0.25, 0.3) is 0 Å². The van der Waals surface area contributed by atoms with Crippen LogP contribution in [-0.2, 0) is 10.0 Å². The molecule has 4 aliphatic heterocycles. The Morgan fingerprint density at radius 2 is 1.85 bits per heavy atom. The number of carboxylic acid groups (broad SMARTS) is 1. The predicted octanol–water partition coefficient (Wildman–Crippen LogP) is 3.19. The second-order valence-electron chi connectivity index (χ2n) is 9.62. The summed E-state index contributed by atoms with van der Waals surface area (Å²) in [5.41, 5.74) is 1.30. The van der Waals surface area contributed by atoms with Gasteiger partial charge in [-0.25, -0.2) is 13.2 Å². The molecular weight excluding hydrogens is 442 g/mol. The monoisotopic (exact) mass is 469 g/mol. The molecule has 2 bridgehead atoms. The van der Waals surface area contributed by atoms with E-state index in [1.165, 1.54) is 0 Å². The zero-order chi connectivity index (χ0) is 22.7. The molecular formula is C24H27N3O5S. The Balaban J connectivity index is 1.32. The second-order valence-corrected chi connectivity index (χ2v) is 11.3. The SMILES string of the molecule is O=C(O)c1c(NS(=O)(=O)c2ccccc2N[C@H]2CN3CCC2CC3)ccc2c1OCC1CC21. The molecule has 1 saturated carbocycles. The Morgan fingerprint density at radius 3 is 2.58 bits per heavy atom. The first-order chi connectivity index (χ1) is 15.9. The van der Waals surface area contributed by atoms with Gasteiger partial charge in [-0.2, -0.15) is 0 Å². The summed E-state index contributed by atoms with van der Waals surface area (Å²) in [6, 6.07) is 10.3. The van der Waals surface area contributed by atoms with E-state index in [0.29, 0.717) is 35.8 Å². The topological polar surface area (TPSA) is 108 Å². The third kappa shape index (κ3) is 3.63. The van der Waals surface area contributed by atoms with E-state index in [2.05, 4.69) is 14.9 Å². The van der Waals surface area contributed by atoms with Crippen molar-refractivity contribution >= 4 is 27.4 Å². The Kier molecular flexibility index (Phi) is 4.81. The molecule has 2 aromatic carbocycles. The molecule has 7 rings (SSSR count). The van der Waals surface area contributed by atoms with Crippen LogP contribution in [0.2, 0.25) is 0 Å². The van der Waals surface area contributed by atoms with Crippen molar-refractivity contribution < 1.29 is 23.1 Å². The molecule has 9 heteroatoms. The molecule has 4 heterocycles. The van der Waals surface area contributed by atoms with Gasteiger partial charge in [0.2, 0.25) is 0 Å². The highest BCUT2D eigenvalue weighted by molar-refractivity contribution is 7.92. The van der Waals surface area contributed by atoms with Crippen molar-refractivity contribution in [2.75, 3.05) is 36.3 Å². The molecule has 2 unspecified atom stereocenters. The van der Waals surface area contributed by atoms with Gasteiger partial charge >= 0.3 is 5.97 Å². The number of sulfonamides is 1. The van der Waals surface area contributed by atoms with E-state index < -0.39 is 16.0 Å². The van der Waals surface area contributed by atoms with E-state index in [1.807, 2.05) is 6.07 Å². The Hall–Kier alpha value is -2.78. The lowest BCUT2D eigenvalue weighted by Gasteiger charge is -2.45. The normalized spacial score (nSPS) is 29.4. The third-order valence-corrected chi connectivity index (χ3v) is 9.01. The van der Waals surface area contributed by atoms with Crippen molar-refractivity contribution in [3.63, 3.8) is 0 Å². The second kappa shape index (κ2) is 7.63. The van der Waals surface area contributed by atoms with Gasteiger partial charge in [0.15, 0.2) is 0 Å². The average Bonchev–Trinajstić information content (AvgIpc) is 3.60. The summed E-state index contributed by atoms with van der Waals surface area (Å²) in [5.74, 6) is 0.360. The summed E-state index contributed by atoms with van der Waals surface area (Å²) in [6.07, 6.45) is 3.21. The lowest BCUT2D eigenvalue weighted by Crippen LogP contribution is -2.53. The number of nitrogens with zero attached hydrogens (tertiary/aromatic N) is 1. The van der Waals surface area contributed by atoms with Crippen molar-refractivity contribution in [3.05, 3.63) is 47.5 Å². The van der Waals surface area contributed by atoms with Gasteiger partial charge in [0, 0.05) is 18.5 Å². The molecule has 3 saturated heterocycles. The molecule has 0 amide bonds. The number of piperidine rings is 3. The van der Waals surface area contributed by atoms with Gasteiger partial charge in [-0.05, 0) is 68.0 Å². The number of hydrogen-bond acceptors (Lipinski definition) is 6. The van der Waals surface area contributed by atoms with Crippen molar-refractivity contribution in [2.24, 2.45) is 11.8 Å². The minimum Gasteiger partial charge on any atom is -0.492 e. The van der Waals surface area contributed by atoms with Gasteiger partial charge in [-0.3, -0.25) is 4.72 Å². The standard InChI is InChI=1S/C24H27N3O5S/c28-24(29)22-19(6-5-16-17-11-15(17)13-32-23(16)22)26-33(30,31)21-4-2-1-3-18(21)25-20-12-27-9-7-14(20)8-10-27/h1-6,14-15,17,20,25-26H,7-13H2,(H,28,29)/t15?,17?,20-/m0/s1. The van der Waals surface area contributed by atoms with Crippen LogP contribution >= 0.6 is 0 Å². The Morgan fingerprint density at radius 1 is 1.06 bits per heavy atom. The number of carbonyl (C=O) groups is 1. The van der Waals surface area contributed by atoms with Crippen LogP contribution in [0.5, 0.6) is 5.75 Å². The smallest absolute Gasteiger partial charge is 0.341 e. The predicted molar refractivity (Wildman–Crippen MR) is 124 cm³/mol. The van der Waals surface area contributed by atoms with E-state index in [-0.39, 0.29) is 22.2 Å². The van der Waals surface area contributed by atoms with Crippen LogP contribution in [0, 0.1) is 11.8 Å². The molecule has 0 spiro atoms. The first kappa shape index (κ1) is 20.8. The summed E-state index contributed by atoms with van der Waals surface area (Å²) in [5, 5.41) is 13.4. The molecule has 1 aliphatic carbocycles. The highest BCUT2D eigenvalue weighted by Gasteiger charge is 2.45. The fourth-order valence-corrected chi connectivity index (χ4v) is 6.94. The highest BCUT2D eigenvalue weighted by atomic mass is 32.2. The van der Waals surface area contributed by atoms with E-state index in [1.54, 1.807) is 30.3 Å². The quantitative estimate of drug-likeness (QED) is 0.596. The maximum atomic E-state index is 13.4. The van der Waals surface area contributed by atoms with Crippen LogP contribution in [0.4, 0.5) is 11.4 Å². The maximum absolute atomic E-state index is 13.4. The average molecular weight is 470 g/mol. The highest BCUT2D eigenvalue weighted by Crippen LogP contribution is 2.55. The van der Waals surface area contributed by atoms with Crippen molar-refractivity contribution in [1.29, 1.82) is 0 Å². The Bertz CT molecular complexity index is 1220. The van der Waals surface area contributed by atoms with E-state index in [0.717, 1.165) is 44.5 Å². The summed E-state index contributed by atoms with van der Waals surface area (Å²) in [6.45, 7) is 3.58. The number of aromatic carboxylic acids is 1. The molecule has 8 nitrogen and oxygen atoms in total. The first-order valence-electron chi connectivity index (χ1n) is 11.5. The van der Waals surface area contributed by atoms with E-state index in [4.69, 9.17) is 4.74 Å². The molecule has 33 heavy (non-hydrogen) atoms. The number of ether oxygens (including phenoxy) is 1. The van der Waals surface area contributed by atoms with Gasteiger partial charge < -0.3 is 20.1 Å². The lowest BCUT2D eigenvalue weighted by molar-refractivity contribution is 0.0692. The number of hydrogen-bond donors (Lipinski definition) is 3. The Labute approximate surface area is 193 Å². The van der Waals surface area contributed by atoms with Crippen LogP contribution in [0.15, 0.2) is 41.3 Å². The molecule has 3 atom stereocenters. The van der Waals surface area contributed by atoms with Gasteiger partial charge in [-0.15, -0.1) is 0 Å². The maximum Gasteiger partial charge on any atom is 0.341 e.